The Bertz CT molecular complexity index is 934. The van der Waals surface area contributed by atoms with Crippen molar-refractivity contribution < 1.29 is 9.53 Å². The number of nitrogens with zero attached hydrogens (tertiary/aromatic N) is 5. The van der Waals surface area contributed by atoms with Gasteiger partial charge in [-0.2, -0.15) is 4.68 Å². The average Bonchev–Trinajstić information content (AvgIpc) is 3.44. The lowest BCUT2D eigenvalue weighted by molar-refractivity contribution is 0.0793. The summed E-state index contributed by atoms with van der Waals surface area (Å²) in [5.41, 5.74) is 2.74. The molecule has 2 aromatic carbocycles. The minimum atomic E-state index is 0.125. The fourth-order valence-electron chi connectivity index (χ4n) is 3.15. The Morgan fingerprint density at radius 3 is 2.46 bits per heavy atom. The van der Waals surface area contributed by atoms with Crippen molar-refractivity contribution in [1.29, 1.82) is 0 Å². The number of carbonyl (C=O) groups excluding carboxylic acids is 1. The summed E-state index contributed by atoms with van der Waals surface area (Å²) in [5.74, 6) is 1.63. The number of carbonyl (C=O) groups is 1. The molecule has 8 heteroatoms. The molecule has 0 atom stereocenters. The van der Waals surface area contributed by atoms with E-state index in [1.54, 1.807) is 23.6 Å². The molecule has 4 rings (SSSR count). The van der Waals surface area contributed by atoms with Gasteiger partial charge in [0.1, 0.15) is 5.75 Å². The number of methoxy groups -OCH3 is 1. The molecule has 1 aliphatic heterocycles. The van der Waals surface area contributed by atoms with Crippen LogP contribution in [0.25, 0.3) is 5.69 Å². The van der Waals surface area contributed by atoms with Crippen LogP contribution in [-0.2, 0) is 5.75 Å². The second kappa shape index (κ2) is 8.43. The SMILES string of the molecule is COc1ccc(-n2nnnc2SCc2ccc(C(=O)N3CCCC3)cc2)cc1. The third-order valence-corrected chi connectivity index (χ3v) is 5.71. The molecule has 1 aliphatic rings. The second-order valence-electron chi connectivity index (χ2n) is 6.56. The molecular weight excluding hydrogens is 374 g/mol. The normalized spacial score (nSPS) is 13.7. The summed E-state index contributed by atoms with van der Waals surface area (Å²) in [7, 11) is 1.64. The van der Waals surface area contributed by atoms with Crippen molar-refractivity contribution in [3.8, 4) is 11.4 Å². The quantitative estimate of drug-likeness (QED) is 0.597. The summed E-state index contributed by atoms with van der Waals surface area (Å²) in [6, 6.07) is 15.4. The lowest BCUT2D eigenvalue weighted by Crippen LogP contribution is -2.27. The van der Waals surface area contributed by atoms with Gasteiger partial charge in [0.2, 0.25) is 5.16 Å². The molecule has 1 amide bonds. The number of tetrazole rings is 1. The third-order valence-electron chi connectivity index (χ3n) is 4.72. The maximum absolute atomic E-state index is 12.4. The molecule has 1 saturated heterocycles. The number of hydrogen-bond acceptors (Lipinski definition) is 6. The van der Waals surface area contributed by atoms with Gasteiger partial charge in [-0.15, -0.1) is 5.10 Å². The largest absolute Gasteiger partial charge is 0.497 e. The molecule has 0 unspecified atom stereocenters. The molecule has 7 nitrogen and oxygen atoms in total. The third kappa shape index (κ3) is 4.01. The zero-order valence-electron chi connectivity index (χ0n) is 15.6. The molecule has 0 aliphatic carbocycles. The van der Waals surface area contributed by atoms with Crippen molar-refractivity contribution in [3.63, 3.8) is 0 Å². The number of thioether (sulfide) groups is 1. The van der Waals surface area contributed by atoms with Crippen LogP contribution in [0.15, 0.2) is 53.7 Å². The van der Waals surface area contributed by atoms with Crippen LogP contribution < -0.4 is 4.74 Å². The van der Waals surface area contributed by atoms with Gasteiger partial charge in [-0.3, -0.25) is 4.79 Å². The maximum Gasteiger partial charge on any atom is 0.253 e. The summed E-state index contributed by atoms with van der Waals surface area (Å²) in [6.45, 7) is 1.73. The van der Waals surface area contributed by atoms with Crippen molar-refractivity contribution in [2.75, 3.05) is 20.2 Å². The van der Waals surface area contributed by atoms with Gasteiger partial charge in [0.05, 0.1) is 12.8 Å². The van der Waals surface area contributed by atoms with E-state index in [1.807, 2.05) is 53.4 Å². The molecule has 1 aromatic heterocycles. The minimum Gasteiger partial charge on any atom is -0.497 e. The van der Waals surface area contributed by atoms with E-state index >= 15 is 0 Å². The molecule has 28 heavy (non-hydrogen) atoms. The monoisotopic (exact) mass is 395 g/mol. The van der Waals surface area contributed by atoms with E-state index in [9.17, 15) is 4.79 Å². The van der Waals surface area contributed by atoms with E-state index in [4.69, 9.17) is 4.74 Å². The first-order chi connectivity index (χ1) is 13.7. The van der Waals surface area contributed by atoms with E-state index in [-0.39, 0.29) is 5.91 Å². The molecule has 1 fully saturated rings. The van der Waals surface area contributed by atoms with Crippen LogP contribution in [0.5, 0.6) is 5.75 Å². The van der Waals surface area contributed by atoms with Crippen molar-refractivity contribution in [2.24, 2.45) is 0 Å². The highest BCUT2D eigenvalue weighted by Gasteiger charge is 2.19. The van der Waals surface area contributed by atoms with Crippen molar-refractivity contribution >= 4 is 17.7 Å². The first-order valence-corrected chi connectivity index (χ1v) is 10.2. The summed E-state index contributed by atoms with van der Waals surface area (Å²) < 4.78 is 6.89. The number of likely N-dealkylation sites (tertiary alicyclic amines) is 1. The highest BCUT2D eigenvalue weighted by Crippen LogP contribution is 2.24. The van der Waals surface area contributed by atoms with Gasteiger partial charge in [-0.25, -0.2) is 0 Å². The Kier molecular flexibility index (Phi) is 5.57. The van der Waals surface area contributed by atoms with E-state index < -0.39 is 0 Å². The van der Waals surface area contributed by atoms with Gasteiger partial charge < -0.3 is 9.64 Å². The Morgan fingerprint density at radius 2 is 1.79 bits per heavy atom. The highest BCUT2D eigenvalue weighted by atomic mass is 32.2. The van der Waals surface area contributed by atoms with Crippen molar-refractivity contribution in [1.82, 2.24) is 25.1 Å². The highest BCUT2D eigenvalue weighted by molar-refractivity contribution is 7.98. The molecule has 0 N–H and O–H groups in total. The number of ether oxygens (including phenoxy) is 1. The molecule has 144 valence electrons. The van der Waals surface area contributed by atoms with Crippen LogP contribution in [0, 0.1) is 0 Å². The molecule has 0 bridgehead atoms. The predicted molar refractivity (Wildman–Crippen MR) is 107 cm³/mol. The predicted octanol–water partition coefficient (Wildman–Crippen LogP) is 3.20. The first-order valence-electron chi connectivity index (χ1n) is 9.18. The second-order valence-corrected chi connectivity index (χ2v) is 7.50. The van der Waals surface area contributed by atoms with Crippen LogP contribution in [0.2, 0.25) is 0 Å². The maximum atomic E-state index is 12.4. The molecular formula is C20H21N5O2S. The van der Waals surface area contributed by atoms with Gasteiger partial charge in [0.25, 0.3) is 5.91 Å². The zero-order valence-corrected chi connectivity index (χ0v) is 16.4. The zero-order chi connectivity index (χ0) is 19.3. The summed E-state index contributed by atoms with van der Waals surface area (Å²) in [4.78, 5) is 14.4. The Labute approximate surface area is 167 Å². The summed E-state index contributed by atoms with van der Waals surface area (Å²) in [6.07, 6.45) is 2.20. The molecule has 3 aromatic rings. The Balaban J connectivity index is 1.41. The fourth-order valence-corrected chi connectivity index (χ4v) is 4.00. The minimum absolute atomic E-state index is 0.125. The van der Waals surface area contributed by atoms with Gasteiger partial charge in [0.15, 0.2) is 0 Å². The summed E-state index contributed by atoms with van der Waals surface area (Å²) in [5, 5.41) is 12.7. The number of aromatic nitrogens is 4. The van der Waals surface area contributed by atoms with Crippen LogP contribution in [0.4, 0.5) is 0 Å². The molecule has 0 radical (unpaired) electrons. The van der Waals surface area contributed by atoms with Gasteiger partial charge in [-0.1, -0.05) is 23.9 Å². The lowest BCUT2D eigenvalue weighted by Gasteiger charge is -2.15. The number of hydrogen-bond donors (Lipinski definition) is 0. The molecule has 0 saturated carbocycles. The molecule has 0 spiro atoms. The van der Waals surface area contributed by atoms with E-state index in [1.165, 1.54) is 0 Å². The van der Waals surface area contributed by atoms with Gasteiger partial charge in [-0.05, 0) is 65.2 Å². The van der Waals surface area contributed by atoms with E-state index in [2.05, 4.69) is 15.5 Å². The fraction of sp³-hybridized carbons (Fsp3) is 0.300. The molecule has 2 heterocycles. The smallest absolute Gasteiger partial charge is 0.253 e. The number of rotatable bonds is 6. The number of benzene rings is 2. The standard InChI is InChI=1S/C20H21N5O2S/c1-27-18-10-8-17(9-11-18)25-20(21-22-23-25)28-14-15-4-6-16(7-5-15)19(26)24-12-2-3-13-24/h4-11H,2-3,12-14H2,1H3. The van der Waals surface area contributed by atoms with E-state index in [0.29, 0.717) is 10.9 Å². The Hall–Kier alpha value is -2.87. The van der Waals surface area contributed by atoms with Crippen molar-refractivity contribution in [3.05, 3.63) is 59.7 Å². The first kappa shape index (κ1) is 18.5. The van der Waals surface area contributed by atoms with Crippen LogP contribution in [0.1, 0.15) is 28.8 Å². The van der Waals surface area contributed by atoms with E-state index in [0.717, 1.165) is 48.5 Å². The van der Waals surface area contributed by atoms with Crippen LogP contribution in [-0.4, -0.2) is 51.2 Å². The Morgan fingerprint density at radius 1 is 1.07 bits per heavy atom. The van der Waals surface area contributed by atoms with Crippen LogP contribution >= 0.6 is 11.8 Å². The average molecular weight is 395 g/mol. The van der Waals surface area contributed by atoms with Gasteiger partial charge in [0, 0.05) is 24.4 Å². The van der Waals surface area contributed by atoms with Crippen LogP contribution in [0.3, 0.4) is 0 Å². The number of amides is 1. The lowest BCUT2D eigenvalue weighted by atomic mass is 10.1. The van der Waals surface area contributed by atoms with Gasteiger partial charge >= 0.3 is 0 Å². The topological polar surface area (TPSA) is 73.1 Å². The van der Waals surface area contributed by atoms with Crippen molar-refractivity contribution in [2.45, 2.75) is 23.8 Å². The summed E-state index contributed by atoms with van der Waals surface area (Å²) >= 11 is 1.55.